The number of nitrogens with zero attached hydrogens (tertiary/aromatic N) is 6. The van der Waals surface area contributed by atoms with Gasteiger partial charge in [-0.1, -0.05) is 0 Å². The number of anilines is 1. The van der Waals surface area contributed by atoms with Crippen molar-refractivity contribution >= 4 is 16.9 Å². The highest BCUT2D eigenvalue weighted by Gasteiger charge is 2.21. The van der Waals surface area contributed by atoms with Gasteiger partial charge in [-0.15, -0.1) is 0 Å². The van der Waals surface area contributed by atoms with E-state index in [2.05, 4.69) is 37.1 Å². The summed E-state index contributed by atoms with van der Waals surface area (Å²) in [6.07, 6.45) is 5.55. The summed E-state index contributed by atoms with van der Waals surface area (Å²) in [4.78, 5) is 11.1. The monoisotopic (exact) mass is 283 g/mol. The minimum absolute atomic E-state index is 0.832. The van der Waals surface area contributed by atoms with E-state index in [4.69, 9.17) is 0 Å². The van der Waals surface area contributed by atoms with Crippen molar-refractivity contribution in [3.8, 4) is 0 Å². The highest BCUT2D eigenvalue weighted by Crippen LogP contribution is 2.27. The lowest BCUT2D eigenvalue weighted by molar-refractivity contribution is 0.743. The lowest BCUT2D eigenvalue weighted by Crippen LogP contribution is -2.24. The van der Waals surface area contributed by atoms with Crippen LogP contribution in [0.15, 0.2) is 12.5 Å². The zero-order valence-corrected chi connectivity index (χ0v) is 12.2. The molecule has 0 aromatic carbocycles. The number of fused-ring (bicyclic) bond motifs is 2. The molecule has 1 aliphatic heterocycles. The SMILES string of the molecule is Cc1[nH]nc2c1CN(c1ncnc3c1cnn3C)CCC2. The number of hydrogen-bond acceptors (Lipinski definition) is 5. The molecule has 21 heavy (non-hydrogen) atoms. The highest BCUT2D eigenvalue weighted by atomic mass is 15.3. The maximum Gasteiger partial charge on any atom is 0.163 e. The Morgan fingerprint density at radius 1 is 1.29 bits per heavy atom. The average molecular weight is 283 g/mol. The maximum atomic E-state index is 4.50. The van der Waals surface area contributed by atoms with Crippen LogP contribution in [0.2, 0.25) is 0 Å². The molecule has 7 nitrogen and oxygen atoms in total. The first kappa shape index (κ1) is 12.3. The van der Waals surface area contributed by atoms with Crippen LogP contribution in [0.3, 0.4) is 0 Å². The standard InChI is InChI=1S/C14H17N7/c1-9-11-7-21(5-3-4-12(11)19-18-9)14-10-6-17-20(2)13(10)15-8-16-14/h6,8H,3-5,7H2,1-2H3,(H,18,19). The number of hydrogen-bond donors (Lipinski definition) is 1. The van der Waals surface area contributed by atoms with Gasteiger partial charge < -0.3 is 4.90 Å². The second-order valence-electron chi connectivity index (χ2n) is 5.50. The highest BCUT2D eigenvalue weighted by molar-refractivity contribution is 5.86. The summed E-state index contributed by atoms with van der Waals surface area (Å²) in [5.74, 6) is 0.960. The third-order valence-electron chi connectivity index (χ3n) is 4.16. The first-order chi connectivity index (χ1) is 10.2. The molecule has 0 aliphatic carbocycles. The van der Waals surface area contributed by atoms with E-state index in [-0.39, 0.29) is 0 Å². The van der Waals surface area contributed by atoms with E-state index >= 15 is 0 Å². The minimum Gasteiger partial charge on any atom is -0.351 e. The summed E-state index contributed by atoms with van der Waals surface area (Å²) in [7, 11) is 1.90. The lowest BCUT2D eigenvalue weighted by atomic mass is 10.1. The summed E-state index contributed by atoms with van der Waals surface area (Å²) >= 11 is 0. The molecule has 0 atom stereocenters. The van der Waals surface area contributed by atoms with Gasteiger partial charge in [0, 0.05) is 31.4 Å². The number of nitrogens with one attached hydrogen (secondary N) is 1. The number of H-pyrrole nitrogens is 1. The van der Waals surface area contributed by atoms with E-state index in [1.54, 1.807) is 11.0 Å². The molecule has 0 spiro atoms. The topological polar surface area (TPSA) is 75.5 Å². The Kier molecular flexibility index (Phi) is 2.66. The van der Waals surface area contributed by atoms with Crippen LogP contribution in [-0.2, 0) is 20.0 Å². The van der Waals surface area contributed by atoms with E-state index in [1.165, 1.54) is 11.3 Å². The Morgan fingerprint density at radius 3 is 3.10 bits per heavy atom. The maximum absolute atomic E-state index is 4.50. The summed E-state index contributed by atoms with van der Waals surface area (Å²) in [5, 5.41) is 12.8. The molecule has 4 heterocycles. The minimum atomic E-state index is 0.832. The van der Waals surface area contributed by atoms with Crippen LogP contribution >= 0.6 is 0 Å². The van der Waals surface area contributed by atoms with Crippen LogP contribution in [0.1, 0.15) is 23.4 Å². The van der Waals surface area contributed by atoms with Gasteiger partial charge in [-0.3, -0.25) is 9.78 Å². The molecule has 1 N–H and O–H groups in total. The van der Waals surface area contributed by atoms with Crippen molar-refractivity contribution in [3.63, 3.8) is 0 Å². The normalized spacial score (nSPS) is 15.2. The summed E-state index contributed by atoms with van der Waals surface area (Å²) < 4.78 is 1.78. The predicted octanol–water partition coefficient (Wildman–Crippen LogP) is 1.35. The van der Waals surface area contributed by atoms with Crippen molar-refractivity contribution in [2.75, 3.05) is 11.4 Å². The summed E-state index contributed by atoms with van der Waals surface area (Å²) in [6, 6.07) is 0. The van der Waals surface area contributed by atoms with Crippen LogP contribution in [0, 0.1) is 6.92 Å². The zero-order chi connectivity index (χ0) is 14.4. The predicted molar refractivity (Wildman–Crippen MR) is 79.0 cm³/mol. The van der Waals surface area contributed by atoms with E-state index in [0.717, 1.165) is 48.5 Å². The van der Waals surface area contributed by atoms with Crippen LogP contribution in [0.5, 0.6) is 0 Å². The molecular formula is C14H17N7. The Morgan fingerprint density at radius 2 is 2.19 bits per heavy atom. The van der Waals surface area contributed by atoms with Crippen molar-refractivity contribution in [1.29, 1.82) is 0 Å². The average Bonchev–Trinajstić information content (AvgIpc) is 2.95. The van der Waals surface area contributed by atoms with Crippen molar-refractivity contribution in [2.45, 2.75) is 26.3 Å². The Balaban J connectivity index is 1.80. The van der Waals surface area contributed by atoms with E-state index < -0.39 is 0 Å². The van der Waals surface area contributed by atoms with E-state index in [9.17, 15) is 0 Å². The molecule has 108 valence electrons. The second-order valence-corrected chi connectivity index (χ2v) is 5.50. The van der Waals surface area contributed by atoms with Gasteiger partial charge in [0.1, 0.15) is 12.1 Å². The molecule has 7 heteroatoms. The molecule has 0 unspecified atom stereocenters. The van der Waals surface area contributed by atoms with Gasteiger partial charge in [0.25, 0.3) is 0 Å². The van der Waals surface area contributed by atoms with Gasteiger partial charge in [0.2, 0.25) is 0 Å². The van der Waals surface area contributed by atoms with Gasteiger partial charge in [-0.05, 0) is 19.8 Å². The quantitative estimate of drug-likeness (QED) is 0.729. The summed E-state index contributed by atoms with van der Waals surface area (Å²) in [6.45, 7) is 3.88. The number of aromatic nitrogens is 6. The molecule has 3 aromatic rings. The molecule has 3 aromatic heterocycles. The number of aromatic amines is 1. The number of rotatable bonds is 1. The lowest BCUT2D eigenvalue weighted by Gasteiger charge is -2.22. The largest absolute Gasteiger partial charge is 0.351 e. The van der Waals surface area contributed by atoms with Gasteiger partial charge in [0.15, 0.2) is 5.65 Å². The fourth-order valence-corrected chi connectivity index (χ4v) is 3.01. The fraction of sp³-hybridized carbons (Fsp3) is 0.429. The molecule has 0 amide bonds. The Bertz CT molecular complexity index is 801. The van der Waals surface area contributed by atoms with E-state index in [0.29, 0.717) is 0 Å². The molecule has 0 bridgehead atoms. The molecule has 0 radical (unpaired) electrons. The smallest absolute Gasteiger partial charge is 0.163 e. The van der Waals surface area contributed by atoms with Gasteiger partial charge in [-0.25, -0.2) is 9.97 Å². The summed E-state index contributed by atoms with van der Waals surface area (Å²) in [5.41, 5.74) is 4.50. The van der Waals surface area contributed by atoms with Gasteiger partial charge in [-0.2, -0.15) is 10.2 Å². The molecule has 4 rings (SSSR count). The zero-order valence-electron chi connectivity index (χ0n) is 12.2. The van der Waals surface area contributed by atoms with Crippen molar-refractivity contribution in [3.05, 3.63) is 29.5 Å². The Hall–Kier alpha value is -2.44. The molecule has 0 saturated heterocycles. The van der Waals surface area contributed by atoms with Crippen molar-refractivity contribution in [1.82, 2.24) is 29.9 Å². The second kappa shape index (κ2) is 4.54. The van der Waals surface area contributed by atoms with Crippen molar-refractivity contribution in [2.24, 2.45) is 7.05 Å². The molecular weight excluding hydrogens is 266 g/mol. The first-order valence-electron chi connectivity index (χ1n) is 7.14. The van der Waals surface area contributed by atoms with Crippen molar-refractivity contribution < 1.29 is 0 Å². The van der Waals surface area contributed by atoms with Crippen LogP contribution in [0.25, 0.3) is 11.0 Å². The molecule has 0 saturated carbocycles. The van der Waals surface area contributed by atoms with Crippen LogP contribution < -0.4 is 4.90 Å². The third-order valence-corrected chi connectivity index (χ3v) is 4.16. The number of aryl methyl sites for hydroxylation is 3. The first-order valence-corrected chi connectivity index (χ1v) is 7.14. The van der Waals surface area contributed by atoms with Crippen LogP contribution in [0.4, 0.5) is 5.82 Å². The molecule has 0 fully saturated rings. The van der Waals surface area contributed by atoms with Gasteiger partial charge in [0.05, 0.1) is 17.3 Å². The van der Waals surface area contributed by atoms with E-state index in [1.807, 2.05) is 13.2 Å². The molecule has 1 aliphatic rings. The van der Waals surface area contributed by atoms with Crippen LogP contribution in [-0.4, -0.2) is 36.5 Å². The van der Waals surface area contributed by atoms with Gasteiger partial charge >= 0.3 is 0 Å². The Labute approximate surface area is 122 Å². The fourth-order valence-electron chi connectivity index (χ4n) is 3.01. The third kappa shape index (κ3) is 1.88.